The van der Waals surface area contributed by atoms with Gasteiger partial charge in [-0.05, 0) is 66.6 Å². The topological polar surface area (TPSA) is 52.6 Å². The molecule has 0 aromatic heterocycles. The summed E-state index contributed by atoms with van der Waals surface area (Å²) in [4.78, 5) is 26.7. The molecule has 3 aromatic carbocycles. The van der Waals surface area contributed by atoms with Crippen LogP contribution in [0.5, 0.6) is 11.5 Å². The Bertz CT molecular complexity index is 1210. The fourth-order valence-corrected chi connectivity index (χ4v) is 5.66. The van der Waals surface area contributed by atoms with Gasteiger partial charge in [0, 0.05) is 10.0 Å². The number of aryl methyl sites for hydroxylation is 2. The number of benzene rings is 3. The highest BCUT2D eigenvalue weighted by atomic mass is 35.5. The molecule has 0 radical (unpaired) electrons. The number of esters is 2. The van der Waals surface area contributed by atoms with Crippen molar-refractivity contribution in [2.75, 3.05) is 0 Å². The Morgan fingerprint density at radius 1 is 0.629 bits per heavy atom. The van der Waals surface area contributed by atoms with Crippen molar-refractivity contribution in [3.05, 3.63) is 89.3 Å². The summed E-state index contributed by atoms with van der Waals surface area (Å²) in [5.41, 5.74) is 2.63. The lowest BCUT2D eigenvalue weighted by molar-refractivity contribution is -0.147. The normalized spacial score (nSPS) is 12.9. The fraction of sp³-hybridized carbons (Fsp3) is 0.200. The second-order valence-corrected chi connectivity index (χ2v) is 10.4. The molecule has 0 saturated heterocycles. The van der Waals surface area contributed by atoms with E-state index in [4.69, 9.17) is 79.1 Å². The van der Waals surface area contributed by atoms with Crippen LogP contribution in [-0.4, -0.2) is 11.9 Å². The standard InChI is InChI=1S/C25H16Cl6O4/c26-15-8-17(28)22(18(29)9-15)34-24(32)21(14-6-5-12-3-1-2-4-13(12)7-14)25(33)35-23-19(30)10-16(27)11-20(23)31/h5-11,21H,1-4H2. The first-order valence-electron chi connectivity index (χ1n) is 10.5. The van der Waals surface area contributed by atoms with Gasteiger partial charge in [-0.25, -0.2) is 0 Å². The molecule has 0 saturated carbocycles. The van der Waals surface area contributed by atoms with Crippen LogP contribution in [-0.2, 0) is 22.4 Å². The second kappa shape index (κ2) is 11.2. The lowest BCUT2D eigenvalue weighted by atomic mass is 9.87. The van der Waals surface area contributed by atoms with Gasteiger partial charge in [0.2, 0.25) is 0 Å². The molecule has 10 heteroatoms. The molecule has 0 unspecified atom stereocenters. The van der Waals surface area contributed by atoms with Gasteiger partial charge in [0.25, 0.3) is 0 Å². The minimum atomic E-state index is -1.48. The predicted molar refractivity (Wildman–Crippen MR) is 140 cm³/mol. The summed E-state index contributed by atoms with van der Waals surface area (Å²) in [7, 11) is 0. The molecular formula is C25H16Cl6O4. The number of carbonyl (C=O) groups is 2. The van der Waals surface area contributed by atoms with Crippen molar-refractivity contribution >= 4 is 81.5 Å². The lowest BCUT2D eigenvalue weighted by Gasteiger charge is -2.21. The van der Waals surface area contributed by atoms with Crippen LogP contribution in [0, 0.1) is 0 Å². The maximum absolute atomic E-state index is 13.4. The quantitative estimate of drug-likeness (QED) is 0.169. The monoisotopic (exact) mass is 590 g/mol. The van der Waals surface area contributed by atoms with Gasteiger partial charge in [-0.2, -0.15) is 0 Å². The van der Waals surface area contributed by atoms with Gasteiger partial charge in [-0.15, -0.1) is 0 Å². The van der Waals surface area contributed by atoms with Crippen LogP contribution >= 0.6 is 69.6 Å². The number of hydrogen-bond acceptors (Lipinski definition) is 4. The van der Waals surface area contributed by atoms with Crippen molar-refractivity contribution in [1.82, 2.24) is 0 Å². The van der Waals surface area contributed by atoms with Crippen molar-refractivity contribution in [2.24, 2.45) is 0 Å². The zero-order valence-electron chi connectivity index (χ0n) is 17.8. The fourth-order valence-electron chi connectivity index (χ4n) is 3.87. The van der Waals surface area contributed by atoms with Gasteiger partial charge >= 0.3 is 11.9 Å². The molecule has 0 bridgehead atoms. The second-order valence-electron chi connectivity index (χ2n) is 7.91. The molecule has 4 rings (SSSR count). The molecule has 1 aliphatic carbocycles. The Morgan fingerprint density at radius 3 is 1.51 bits per heavy atom. The third-order valence-electron chi connectivity index (χ3n) is 5.51. The molecule has 0 N–H and O–H groups in total. The number of rotatable bonds is 5. The Kier molecular flexibility index (Phi) is 8.42. The van der Waals surface area contributed by atoms with Gasteiger partial charge in [0.1, 0.15) is 0 Å². The van der Waals surface area contributed by atoms with Crippen LogP contribution in [0.1, 0.15) is 35.4 Å². The van der Waals surface area contributed by atoms with Crippen molar-refractivity contribution in [3.63, 3.8) is 0 Å². The average Bonchev–Trinajstić information content (AvgIpc) is 2.78. The number of carbonyl (C=O) groups excluding carboxylic acids is 2. The maximum atomic E-state index is 13.4. The molecular weight excluding hydrogens is 577 g/mol. The zero-order chi connectivity index (χ0) is 25.3. The molecule has 1 aliphatic rings. The van der Waals surface area contributed by atoms with Gasteiger partial charge in [-0.1, -0.05) is 87.8 Å². The highest BCUT2D eigenvalue weighted by Crippen LogP contribution is 2.39. The van der Waals surface area contributed by atoms with Crippen LogP contribution in [0.3, 0.4) is 0 Å². The molecule has 0 spiro atoms. The number of hydrogen-bond donors (Lipinski definition) is 0. The van der Waals surface area contributed by atoms with Crippen molar-refractivity contribution in [2.45, 2.75) is 31.6 Å². The first-order chi connectivity index (χ1) is 16.6. The third-order valence-corrected chi connectivity index (χ3v) is 7.07. The summed E-state index contributed by atoms with van der Waals surface area (Å²) in [6.45, 7) is 0. The van der Waals surface area contributed by atoms with Crippen molar-refractivity contribution in [1.29, 1.82) is 0 Å². The minimum Gasteiger partial charge on any atom is -0.422 e. The molecule has 0 amide bonds. The van der Waals surface area contributed by atoms with E-state index < -0.39 is 17.9 Å². The van der Waals surface area contributed by atoms with Gasteiger partial charge in [-0.3, -0.25) is 9.59 Å². The summed E-state index contributed by atoms with van der Waals surface area (Å²) in [5.74, 6) is -3.62. The molecule has 0 fully saturated rings. The molecule has 4 nitrogen and oxygen atoms in total. The summed E-state index contributed by atoms with van der Waals surface area (Å²) >= 11 is 36.6. The van der Waals surface area contributed by atoms with E-state index in [9.17, 15) is 9.59 Å². The number of ether oxygens (including phenoxy) is 2. The van der Waals surface area contributed by atoms with E-state index in [0.29, 0.717) is 5.56 Å². The Hall–Kier alpha value is -1.66. The smallest absolute Gasteiger partial charge is 0.330 e. The van der Waals surface area contributed by atoms with Gasteiger partial charge in [0.15, 0.2) is 17.4 Å². The Labute approximate surface area is 231 Å². The largest absolute Gasteiger partial charge is 0.422 e. The van der Waals surface area contributed by atoms with Crippen molar-refractivity contribution in [3.8, 4) is 11.5 Å². The first-order valence-corrected chi connectivity index (χ1v) is 12.7. The molecule has 182 valence electrons. The van der Waals surface area contributed by atoms with Crippen molar-refractivity contribution < 1.29 is 19.1 Å². The molecule has 35 heavy (non-hydrogen) atoms. The van der Waals surface area contributed by atoms with Crippen LogP contribution in [0.4, 0.5) is 0 Å². The highest BCUT2D eigenvalue weighted by Gasteiger charge is 2.35. The van der Waals surface area contributed by atoms with E-state index in [2.05, 4.69) is 0 Å². The van der Waals surface area contributed by atoms with Gasteiger partial charge in [0.05, 0.1) is 20.1 Å². The molecule has 0 aliphatic heterocycles. The van der Waals surface area contributed by atoms with Crippen LogP contribution < -0.4 is 9.47 Å². The highest BCUT2D eigenvalue weighted by molar-refractivity contribution is 6.41. The number of halogens is 6. The Morgan fingerprint density at radius 2 is 1.06 bits per heavy atom. The summed E-state index contributed by atoms with van der Waals surface area (Å²) in [5, 5.41) is 0.568. The molecule has 0 atom stereocenters. The van der Waals surface area contributed by atoms with Crippen LogP contribution in [0.25, 0.3) is 0 Å². The summed E-state index contributed by atoms with van der Waals surface area (Å²) in [6, 6.07) is 10.9. The number of fused-ring (bicyclic) bond motifs is 1. The van der Waals surface area contributed by atoms with E-state index in [-0.39, 0.29) is 41.6 Å². The molecule has 3 aromatic rings. The predicted octanol–water partition coefficient (Wildman–Crippen LogP) is 8.78. The maximum Gasteiger partial charge on any atom is 0.330 e. The SMILES string of the molecule is O=C(Oc1c(Cl)cc(Cl)cc1Cl)C(C(=O)Oc1c(Cl)cc(Cl)cc1Cl)c1ccc2c(c1)CCCC2. The van der Waals surface area contributed by atoms with E-state index in [1.54, 1.807) is 6.07 Å². The van der Waals surface area contributed by atoms with Crippen LogP contribution in [0.2, 0.25) is 30.1 Å². The minimum absolute atomic E-state index is 0.0113. The first kappa shape index (κ1) is 26.4. The zero-order valence-corrected chi connectivity index (χ0v) is 22.4. The van der Waals surface area contributed by atoms with Gasteiger partial charge < -0.3 is 9.47 Å². The third kappa shape index (κ3) is 6.02. The Balaban J connectivity index is 1.72. The van der Waals surface area contributed by atoms with E-state index in [1.165, 1.54) is 29.8 Å². The lowest BCUT2D eigenvalue weighted by Crippen LogP contribution is -2.30. The molecule has 0 heterocycles. The average molecular weight is 593 g/mol. The van der Waals surface area contributed by atoms with E-state index in [1.807, 2.05) is 12.1 Å². The van der Waals surface area contributed by atoms with Crippen LogP contribution in [0.15, 0.2) is 42.5 Å². The van der Waals surface area contributed by atoms with E-state index >= 15 is 0 Å². The van der Waals surface area contributed by atoms with E-state index in [0.717, 1.165) is 31.2 Å². The summed E-state index contributed by atoms with van der Waals surface area (Å²) in [6.07, 6.45) is 3.87. The summed E-state index contributed by atoms with van der Waals surface area (Å²) < 4.78 is 11.0.